The lowest BCUT2D eigenvalue weighted by molar-refractivity contribution is 0.377. The first kappa shape index (κ1) is 12.1. The van der Waals surface area contributed by atoms with Gasteiger partial charge >= 0.3 is 0 Å². The molecule has 0 heterocycles. The van der Waals surface area contributed by atoms with Crippen LogP contribution in [0, 0.1) is 12.3 Å². The summed E-state index contributed by atoms with van der Waals surface area (Å²) in [7, 11) is 1.73. The van der Waals surface area contributed by atoms with Crippen LogP contribution >= 0.6 is 0 Å². The maximum atomic E-state index is 5.32. The number of benzene rings is 1. The van der Waals surface area contributed by atoms with Gasteiger partial charge in [-0.1, -0.05) is 32.9 Å². The average Bonchev–Trinajstić information content (AvgIpc) is 2.15. The van der Waals surface area contributed by atoms with Gasteiger partial charge < -0.3 is 4.74 Å². The molecule has 0 aliphatic rings. The van der Waals surface area contributed by atoms with Gasteiger partial charge in [-0.15, -0.1) is 0 Å². The van der Waals surface area contributed by atoms with Crippen molar-refractivity contribution in [3.05, 3.63) is 29.3 Å². The van der Waals surface area contributed by atoms with Crippen molar-refractivity contribution in [2.75, 3.05) is 7.11 Å². The maximum Gasteiger partial charge on any atom is 0.122 e. The molecule has 0 amide bonds. The molecular formula is C14H22O. The molecule has 84 valence electrons. The van der Waals surface area contributed by atoms with Crippen molar-refractivity contribution >= 4 is 0 Å². The Morgan fingerprint density at radius 3 is 2.40 bits per heavy atom. The number of rotatable bonds is 3. The van der Waals surface area contributed by atoms with Crippen LogP contribution in [-0.4, -0.2) is 7.11 Å². The minimum Gasteiger partial charge on any atom is -0.496 e. The Morgan fingerprint density at radius 2 is 1.87 bits per heavy atom. The number of aryl methyl sites for hydroxylation is 2. The topological polar surface area (TPSA) is 9.23 Å². The van der Waals surface area contributed by atoms with Gasteiger partial charge in [0.15, 0.2) is 0 Å². The second kappa shape index (κ2) is 4.69. The van der Waals surface area contributed by atoms with Crippen molar-refractivity contribution in [2.24, 2.45) is 5.41 Å². The van der Waals surface area contributed by atoms with Crippen LogP contribution in [0.1, 0.15) is 38.3 Å². The highest BCUT2D eigenvalue weighted by Crippen LogP contribution is 2.24. The smallest absolute Gasteiger partial charge is 0.122 e. The molecule has 0 aromatic heterocycles. The largest absolute Gasteiger partial charge is 0.496 e. The highest BCUT2D eigenvalue weighted by atomic mass is 16.5. The molecule has 1 aromatic carbocycles. The fraction of sp³-hybridized carbons (Fsp3) is 0.571. The van der Waals surface area contributed by atoms with E-state index in [1.807, 2.05) is 0 Å². The molecule has 0 saturated heterocycles. The van der Waals surface area contributed by atoms with E-state index in [4.69, 9.17) is 4.74 Å². The Balaban J connectivity index is 2.70. The maximum absolute atomic E-state index is 5.32. The van der Waals surface area contributed by atoms with Gasteiger partial charge in [-0.05, 0) is 42.4 Å². The van der Waals surface area contributed by atoms with Crippen LogP contribution in [0.4, 0.5) is 0 Å². The van der Waals surface area contributed by atoms with Crippen LogP contribution in [-0.2, 0) is 6.42 Å². The zero-order valence-electron chi connectivity index (χ0n) is 10.6. The molecule has 0 aliphatic carbocycles. The van der Waals surface area contributed by atoms with Crippen molar-refractivity contribution in [3.8, 4) is 5.75 Å². The molecule has 1 rings (SSSR count). The van der Waals surface area contributed by atoms with E-state index in [2.05, 4.69) is 45.9 Å². The summed E-state index contributed by atoms with van der Waals surface area (Å²) in [5.74, 6) is 1.00. The number of ether oxygens (including phenoxy) is 1. The number of methoxy groups -OCH3 is 1. The van der Waals surface area contributed by atoms with E-state index in [9.17, 15) is 0 Å². The Kier molecular flexibility index (Phi) is 3.78. The third-order valence-corrected chi connectivity index (χ3v) is 2.64. The number of hydrogen-bond donors (Lipinski definition) is 0. The first-order valence-corrected chi connectivity index (χ1v) is 5.56. The van der Waals surface area contributed by atoms with E-state index >= 15 is 0 Å². The molecule has 0 saturated carbocycles. The highest BCUT2D eigenvalue weighted by molar-refractivity contribution is 5.36. The van der Waals surface area contributed by atoms with Crippen LogP contribution in [0.3, 0.4) is 0 Å². The molecule has 0 fully saturated rings. The van der Waals surface area contributed by atoms with Gasteiger partial charge in [0.1, 0.15) is 5.75 Å². The predicted molar refractivity (Wildman–Crippen MR) is 65.5 cm³/mol. The van der Waals surface area contributed by atoms with Gasteiger partial charge in [0.25, 0.3) is 0 Å². The van der Waals surface area contributed by atoms with Gasteiger partial charge in [-0.25, -0.2) is 0 Å². The van der Waals surface area contributed by atoms with Crippen LogP contribution in [0.15, 0.2) is 18.2 Å². The molecule has 1 nitrogen and oxygen atoms in total. The van der Waals surface area contributed by atoms with E-state index in [0.29, 0.717) is 5.41 Å². The summed E-state index contributed by atoms with van der Waals surface area (Å²) in [5, 5.41) is 0. The summed E-state index contributed by atoms with van der Waals surface area (Å²) in [6, 6.07) is 6.49. The Bertz CT molecular complexity index is 321. The fourth-order valence-corrected chi connectivity index (χ4v) is 1.54. The first-order chi connectivity index (χ1) is 6.92. The van der Waals surface area contributed by atoms with Gasteiger partial charge in [0, 0.05) is 0 Å². The van der Waals surface area contributed by atoms with Gasteiger partial charge in [-0.3, -0.25) is 0 Å². The van der Waals surface area contributed by atoms with Crippen molar-refractivity contribution in [1.82, 2.24) is 0 Å². The van der Waals surface area contributed by atoms with Gasteiger partial charge in [0.05, 0.1) is 7.11 Å². The van der Waals surface area contributed by atoms with Crippen molar-refractivity contribution in [1.29, 1.82) is 0 Å². The lowest BCUT2D eigenvalue weighted by Crippen LogP contribution is -2.06. The summed E-state index contributed by atoms with van der Waals surface area (Å²) in [6.07, 6.45) is 2.33. The quantitative estimate of drug-likeness (QED) is 0.726. The molecule has 0 spiro atoms. The minimum absolute atomic E-state index is 0.401. The second-order valence-corrected chi connectivity index (χ2v) is 5.36. The van der Waals surface area contributed by atoms with Crippen molar-refractivity contribution < 1.29 is 4.74 Å². The van der Waals surface area contributed by atoms with Crippen LogP contribution in [0.2, 0.25) is 0 Å². The van der Waals surface area contributed by atoms with Crippen LogP contribution in [0.25, 0.3) is 0 Å². The lowest BCUT2D eigenvalue weighted by Gasteiger charge is -2.18. The lowest BCUT2D eigenvalue weighted by atomic mass is 9.88. The Morgan fingerprint density at radius 1 is 1.20 bits per heavy atom. The molecule has 0 N–H and O–H groups in total. The molecule has 0 radical (unpaired) electrons. The molecule has 1 heteroatoms. The SMILES string of the molecule is COc1cc(CCC(C)(C)C)ccc1C. The van der Waals surface area contributed by atoms with Crippen molar-refractivity contribution in [3.63, 3.8) is 0 Å². The van der Waals surface area contributed by atoms with E-state index in [1.165, 1.54) is 17.5 Å². The predicted octanol–water partition coefficient (Wildman–Crippen LogP) is 3.98. The molecule has 15 heavy (non-hydrogen) atoms. The van der Waals surface area contributed by atoms with Gasteiger partial charge in [-0.2, -0.15) is 0 Å². The minimum atomic E-state index is 0.401. The summed E-state index contributed by atoms with van der Waals surface area (Å²) >= 11 is 0. The van der Waals surface area contributed by atoms with Crippen molar-refractivity contribution in [2.45, 2.75) is 40.5 Å². The third-order valence-electron chi connectivity index (χ3n) is 2.64. The standard InChI is InChI=1S/C14H22O/c1-11-6-7-12(10-13(11)15-5)8-9-14(2,3)4/h6-7,10H,8-9H2,1-5H3. The zero-order valence-corrected chi connectivity index (χ0v) is 10.6. The zero-order chi connectivity index (χ0) is 11.5. The summed E-state index contributed by atoms with van der Waals surface area (Å²) in [5.41, 5.74) is 2.97. The molecule has 0 aliphatic heterocycles. The highest BCUT2D eigenvalue weighted by Gasteiger charge is 2.10. The fourth-order valence-electron chi connectivity index (χ4n) is 1.54. The number of hydrogen-bond acceptors (Lipinski definition) is 1. The van der Waals surface area contributed by atoms with E-state index in [0.717, 1.165) is 12.2 Å². The third kappa shape index (κ3) is 3.94. The molecule has 0 atom stereocenters. The molecular weight excluding hydrogens is 184 g/mol. The van der Waals surface area contributed by atoms with Crippen LogP contribution < -0.4 is 4.74 Å². The molecule has 0 bridgehead atoms. The molecule has 1 aromatic rings. The average molecular weight is 206 g/mol. The monoisotopic (exact) mass is 206 g/mol. The summed E-state index contributed by atoms with van der Waals surface area (Å²) in [6.45, 7) is 8.90. The summed E-state index contributed by atoms with van der Waals surface area (Å²) < 4.78 is 5.32. The Hall–Kier alpha value is -0.980. The second-order valence-electron chi connectivity index (χ2n) is 5.36. The van der Waals surface area contributed by atoms with Crippen LogP contribution in [0.5, 0.6) is 5.75 Å². The molecule has 0 unspecified atom stereocenters. The van der Waals surface area contributed by atoms with E-state index in [1.54, 1.807) is 7.11 Å². The Labute approximate surface area is 93.5 Å². The van der Waals surface area contributed by atoms with E-state index < -0.39 is 0 Å². The first-order valence-electron chi connectivity index (χ1n) is 5.56. The van der Waals surface area contributed by atoms with Gasteiger partial charge in [0.2, 0.25) is 0 Å². The normalized spacial score (nSPS) is 11.5. The van der Waals surface area contributed by atoms with E-state index in [-0.39, 0.29) is 0 Å². The summed E-state index contributed by atoms with van der Waals surface area (Å²) in [4.78, 5) is 0.